The van der Waals surface area contributed by atoms with Gasteiger partial charge in [0.25, 0.3) is 0 Å². The van der Waals surface area contributed by atoms with Crippen LogP contribution in [0.5, 0.6) is 0 Å². The first-order valence-electron chi connectivity index (χ1n) is 6.98. The molecule has 22 heavy (non-hydrogen) atoms. The van der Waals surface area contributed by atoms with Crippen molar-refractivity contribution in [3.05, 3.63) is 83.2 Å². The van der Waals surface area contributed by atoms with Gasteiger partial charge in [-0.05, 0) is 18.1 Å². The fourth-order valence-corrected chi connectivity index (χ4v) is 1.78. The molecule has 0 fully saturated rings. The van der Waals surface area contributed by atoms with Crippen LogP contribution in [-0.2, 0) is 11.2 Å². The van der Waals surface area contributed by atoms with Crippen LogP contribution < -0.4 is 5.73 Å². The highest BCUT2D eigenvalue weighted by molar-refractivity contribution is 5.75. The topological polar surface area (TPSA) is 67.7 Å². The number of nitrogens with two attached hydrogens (primary N) is 1. The van der Waals surface area contributed by atoms with Crippen molar-refractivity contribution in [2.24, 2.45) is 5.73 Å². The maximum absolute atomic E-state index is 10.5. The standard InChI is InChI=1S/C10H9NO2.C8H11N/c1-11-9(10(12)13)7-8-5-3-2-4-6-8;1-7(9)8-5-3-2-4-6-8/h2-6,9H,7H2,(H,12,13);2-7H,9H2,1H3. The number of hydrogen-bond acceptors (Lipinski definition) is 2. The number of nitrogens with zero attached hydrogens (tertiary/aromatic N) is 1. The number of aliphatic carboxylic acids is 1. The van der Waals surface area contributed by atoms with E-state index in [-0.39, 0.29) is 12.5 Å². The highest BCUT2D eigenvalue weighted by Crippen LogP contribution is 2.06. The SMILES string of the molecule is CC(N)c1ccccc1.[C-]#[N+]C(Cc1ccccc1)C(=O)O. The number of carboxylic acid groups (broad SMARTS) is 1. The molecule has 0 aromatic heterocycles. The van der Waals surface area contributed by atoms with E-state index in [1.165, 1.54) is 5.56 Å². The second kappa shape index (κ2) is 9.32. The summed E-state index contributed by atoms with van der Waals surface area (Å²) in [4.78, 5) is 13.6. The summed E-state index contributed by atoms with van der Waals surface area (Å²) in [5.41, 5.74) is 7.69. The van der Waals surface area contributed by atoms with Crippen LogP contribution in [0.25, 0.3) is 4.85 Å². The van der Waals surface area contributed by atoms with Crippen molar-refractivity contribution in [3.8, 4) is 0 Å². The second-order valence-corrected chi connectivity index (χ2v) is 4.87. The second-order valence-electron chi connectivity index (χ2n) is 4.87. The molecule has 2 atom stereocenters. The van der Waals surface area contributed by atoms with Crippen LogP contribution in [0.1, 0.15) is 24.1 Å². The van der Waals surface area contributed by atoms with E-state index in [9.17, 15) is 4.79 Å². The summed E-state index contributed by atoms with van der Waals surface area (Å²) >= 11 is 0. The van der Waals surface area contributed by atoms with E-state index in [0.717, 1.165) is 5.56 Å². The van der Waals surface area contributed by atoms with E-state index in [1.807, 2.05) is 67.6 Å². The van der Waals surface area contributed by atoms with Crippen molar-refractivity contribution in [1.82, 2.24) is 0 Å². The number of benzene rings is 2. The van der Waals surface area contributed by atoms with E-state index >= 15 is 0 Å². The number of hydrogen-bond donors (Lipinski definition) is 2. The van der Waals surface area contributed by atoms with E-state index in [4.69, 9.17) is 17.4 Å². The Hall–Kier alpha value is -2.64. The smallest absolute Gasteiger partial charge is 0.388 e. The minimum absolute atomic E-state index is 0.159. The molecule has 2 rings (SSSR count). The summed E-state index contributed by atoms with van der Waals surface area (Å²) in [6.45, 7) is 8.67. The third kappa shape index (κ3) is 6.21. The lowest BCUT2D eigenvalue weighted by Gasteiger charge is -2.02. The highest BCUT2D eigenvalue weighted by Gasteiger charge is 2.22. The van der Waals surface area contributed by atoms with Gasteiger partial charge in [-0.1, -0.05) is 60.7 Å². The Morgan fingerprint density at radius 1 is 1.14 bits per heavy atom. The molecule has 2 aromatic rings. The van der Waals surface area contributed by atoms with Crippen LogP contribution in [-0.4, -0.2) is 17.1 Å². The molecule has 0 saturated heterocycles. The van der Waals surface area contributed by atoms with Gasteiger partial charge in [-0.2, -0.15) is 0 Å². The Labute approximate surface area is 131 Å². The van der Waals surface area contributed by atoms with Crippen molar-refractivity contribution >= 4 is 5.97 Å². The molecular formula is C18H20N2O2. The fraction of sp³-hybridized carbons (Fsp3) is 0.222. The number of carbonyl (C=O) groups is 1. The average Bonchev–Trinajstić information content (AvgIpc) is 2.54. The van der Waals surface area contributed by atoms with Crippen LogP contribution in [0.3, 0.4) is 0 Å². The van der Waals surface area contributed by atoms with E-state index in [1.54, 1.807) is 0 Å². The summed E-state index contributed by atoms with van der Waals surface area (Å²) in [5.74, 6) is -1.06. The van der Waals surface area contributed by atoms with Crippen LogP contribution in [0.4, 0.5) is 0 Å². The van der Waals surface area contributed by atoms with E-state index < -0.39 is 12.0 Å². The van der Waals surface area contributed by atoms with Crippen LogP contribution in [0, 0.1) is 6.57 Å². The minimum atomic E-state index is -1.06. The Bertz CT molecular complexity index is 604. The molecule has 114 valence electrons. The first-order chi connectivity index (χ1) is 10.5. The van der Waals surface area contributed by atoms with Gasteiger partial charge in [-0.15, -0.1) is 0 Å². The van der Waals surface area contributed by atoms with Gasteiger partial charge in [0.15, 0.2) is 0 Å². The lowest BCUT2D eigenvalue weighted by Crippen LogP contribution is -2.18. The molecule has 4 nitrogen and oxygen atoms in total. The van der Waals surface area contributed by atoms with Gasteiger partial charge in [-0.3, -0.25) is 0 Å². The monoisotopic (exact) mass is 296 g/mol. The van der Waals surface area contributed by atoms with Crippen LogP contribution >= 0.6 is 0 Å². The maximum Gasteiger partial charge on any atom is 0.388 e. The van der Waals surface area contributed by atoms with Gasteiger partial charge < -0.3 is 15.7 Å². The zero-order chi connectivity index (χ0) is 16.4. The molecule has 0 spiro atoms. The minimum Gasteiger partial charge on any atom is -0.476 e. The van der Waals surface area contributed by atoms with Crippen molar-refractivity contribution < 1.29 is 9.90 Å². The van der Waals surface area contributed by atoms with Crippen molar-refractivity contribution in [3.63, 3.8) is 0 Å². The molecule has 0 aliphatic heterocycles. The van der Waals surface area contributed by atoms with Crippen molar-refractivity contribution in [2.75, 3.05) is 0 Å². The quantitative estimate of drug-likeness (QED) is 0.851. The Balaban J connectivity index is 0.000000235. The number of rotatable bonds is 4. The fourth-order valence-electron chi connectivity index (χ4n) is 1.78. The average molecular weight is 296 g/mol. The molecule has 4 heteroatoms. The molecular weight excluding hydrogens is 276 g/mol. The molecule has 0 aliphatic carbocycles. The zero-order valence-electron chi connectivity index (χ0n) is 12.5. The Morgan fingerprint density at radius 2 is 1.64 bits per heavy atom. The predicted molar refractivity (Wildman–Crippen MR) is 87.2 cm³/mol. The summed E-state index contributed by atoms with van der Waals surface area (Å²) in [6, 6.07) is 18.4. The molecule has 0 amide bonds. The largest absolute Gasteiger partial charge is 0.476 e. The van der Waals surface area contributed by atoms with Gasteiger partial charge >= 0.3 is 12.0 Å². The van der Waals surface area contributed by atoms with Gasteiger partial charge in [0.05, 0.1) is 6.42 Å². The number of carboxylic acids is 1. The summed E-state index contributed by atoms with van der Waals surface area (Å²) in [5, 5.41) is 8.62. The Kier molecular flexibility index (Phi) is 7.38. The van der Waals surface area contributed by atoms with Crippen LogP contribution in [0.2, 0.25) is 0 Å². The summed E-state index contributed by atoms with van der Waals surface area (Å²) < 4.78 is 0. The Morgan fingerprint density at radius 3 is 2.00 bits per heavy atom. The highest BCUT2D eigenvalue weighted by atomic mass is 16.4. The molecule has 0 aliphatic rings. The molecule has 0 heterocycles. The molecule has 0 saturated carbocycles. The van der Waals surface area contributed by atoms with Crippen molar-refractivity contribution in [1.29, 1.82) is 0 Å². The first-order valence-corrected chi connectivity index (χ1v) is 6.98. The molecule has 0 bridgehead atoms. The lowest BCUT2D eigenvalue weighted by atomic mass is 10.1. The van der Waals surface area contributed by atoms with Crippen molar-refractivity contribution in [2.45, 2.75) is 25.4 Å². The van der Waals surface area contributed by atoms with Gasteiger partial charge in [-0.25, -0.2) is 11.4 Å². The normalized spacial score (nSPS) is 12.2. The van der Waals surface area contributed by atoms with Gasteiger partial charge in [0.2, 0.25) is 0 Å². The van der Waals surface area contributed by atoms with E-state index in [0.29, 0.717) is 0 Å². The summed E-state index contributed by atoms with van der Waals surface area (Å²) in [7, 11) is 0. The summed E-state index contributed by atoms with van der Waals surface area (Å²) in [6.07, 6.45) is 0.277. The van der Waals surface area contributed by atoms with E-state index in [2.05, 4.69) is 4.85 Å². The lowest BCUT2D eigenvalue weighted by molar-refractivity contribution is -0.137. The third-order valence-electron chi connectivity index (χ3n) is 3.04. The van der Waals surface area contributed by atoms with Gasteiger partial charge in [0, 0.05) is 6.04 Å². The first kappa shape index (κ1) is 17.4. The molecule has 2 unspecified atom stereocenters. The molecule has 3 N–H and O–H groups in total. The predicted octanol–water partition coefficient (Wildman–Crippen LogP) is 3.31. The molecule has 0 radical (unpaired) electrons. The maximum atomic E-state index is 10.5. The van der Waals surface area contributed by atoms with Gasteiger partial charge in [0.1, 0.15) is 0 Å². The molecule has 2 aromatic carbocycles. The van der Waals surface area contributed by atoms with Crippen LogP contribution in [0.15, 0.2) is 60.7 Å². The zero-order valence-corrected chi connectivity index (χ0v) is 12.5. The third-order valence-corrected chi connectivity index (χ3v) is 3.04.